The number of hydrogen-bond acceptors (Lipinski definition) is 7. The Balaban J connectivity index is 1.04. The van der Waals surface area contributed by atoms with Gasteiger partial charge in [0.05, 0.1) is 17.5 Å². The molecule has 7 aliphatic rings. The highest BCUT2D eigenvalue weighted by atomic mass is 32.1. The van der Waals surface area contributed by atoms with E-state index in [4.69, 9.17) is 0 Å². The summed E-state index contributed by atoms with van der Waals surface area (Å²) in [6, 6.07) is -0.733. The molecule has 9 heteroatoms. The van der Waals surface area contributed by atoms with E-state index in [0.29, 0.717) is 23.5 Å². The zero-order valence-electron chi connectivity index (χ0n) is 22.1. The summed E-state index contributed by atoms with van der Waals surface area (Å²) in [6.45, 7) is 2.56. The molecule has 4 saturated carbocycles. The molecule has 0 aromatic carbocycles. The molecule has 8 nitrogen and oxygen atoms in total. The fourth-order valence-electron chi connectivity index (χ4n) is 8.24. The Morgan fingerprint density at radius 3 is 2.62 bits per heavy atom. The lowest BCUT2D eigenvalue weighted by Crippen LogP contribution is -2.59. The smallest absolute Gasteiger partial charge is 0.249 e. The maximum atomic E-state index is 13.7. The van der Waals surface area contributed by atoms with E-state index in [2.05, 4.69) is 32.5 Å². The van der Waals surface area contributed by atoms with E-state index in [0.717, 1.165) is 29.3 Å². The summed E-state index contributed by atoms with van der Waals surface area (Å²) in [5.41, 5.74) is 0.969. The lowest BCUT2D eigenvalue weighted by molar-refractivity contribution is -0.144. The third-order valence-electron chi connectivity index (χ3n) is 9.50. The highest BCUT2D eigenvalue weighted by Gasteiger charge is 2.50. The van der Waals surface area contributed by atoms with E-state index in [1.165, 1.54) is 48.3 Å². The third-order valence-corrected chi connectivity index (χ3v) is 10.4. The van der Waals surface area contributed by atoms with Crippen LogP contribution in [0.1, 0.15) is 68.2 Å². The molecule has 2 aliphatic heterocycles. The van der Waals surface area contributed by atoms with Crippen molar-refractivity contribution in [1.29, 1.82) is 0 Å². The zero-order chi connectivity index (χ0) is 26.7. The first-order valence-electron chi connectivity index (χ1n) is 14.2. The Bertz CT molecular complexity index is 1360. The average Bonchev–Trinajstić information content (AvgIpc) is 3.34. The number of carbonyl (C=O) groups excluding carboxylic acids is 3. The van der Waals surface area contributed by atoms with Crippen molar-refractivity contribution in [3.8, 4) is 11.8 Å². The molecule has 202 valence electrons. The molecule has 0 spiro atoms. The molecule has 0 radical (unpaired) electrons. The van der Waals surface area contributed by atoms with Crippen LogP contribution in [-0.4, -0.2) is 45.0 Å². The predicted octanol–water partition coefficient (Wildman–Crippen LogP) is 3.30. The number of amidine groups is 1. The minimum absolute atomic E-state index is 0.202. The number of fused-ring (bicyclic) bond motifs is 1. The Labute approximate surface area is 232 Å². The summed E-state index contributed by atoms with van der Waals surface area (Å²) in [6.07, 6.45) is 16.3. The number of hydrogen-bond donors (Lipinski definition) is 2. The van der Waals surface area contributed by atoms with Crippen LogP contribution in [0.25, 0.3) is 0 Å². The SMILES string of the molecule is CC1=NC2=CC=CC(C#Cc3ncc(CNC45CC6CC(CC(C6)C4)C5)s3)C2C(=O)N1C1CCC(=O)NC1=O. The number of aromatic nitrogens is 1. The van der Waals surface area contributed by atoms with E-state index >= 15 is 0 Å². The molecule has 5 aliphatic carbocycles. The average molecular weight is 544 g/mol. The molecule has 2 N–H and O–H groups in total. The van der Waals surface area contributed by atoms with Crippen LogP contribution in [0.5, 0.6) is 0 Å². The van der Waals surface area contributed by atoms with Crippen LogP contribution >= 0.6 is 11.3 Å². The third kappa shape index (κ3) is 4.57. The summed E-state index contributed by atoms with van der Waals surface area (Å²) < 4.78 is 0. The Kier molecular flexibility index (Phi) is 6.09. The van der Waals surface area contributed by atoms with Crippen LogP contribution in [0.3, 0.4) is 0 Å². The van der Waals surface area contributed by atoms with Crippen molar-refractivity contribution in [3.05, 3.63) is 40.0 Å². The maximum Gasteiger partial charge on any atom is 0.249 e. The molecule has 1 aromatic rings. The van der Waals surface area contributed by atoms with Crippen molar-refractivity contribution in [2.45, 2.75) is 76.4 Å². The second kappa shape index (κ2) is 9.53. The van der Waals surface area contributed by atoms with Crippen molar-refractivity contribution in [2.75, 3.05) is 0 Å². The lowest BCUT2D eigenvalue weighted by Gasteiger charge is -2.57. The second-order valence-corrected chi connectivity index (χ2v) is 13.4. The number of nitrogens with one attached hydrogen (secondary N) is 2. The molecule has 4 bridgehead atoms. The van der Waals surface area contributed by atoms with Crippen molar-refractivity contribution in [3.63, 3.8) is 0 Å². The predicted molar refractivity (Wildman–Crippen MR) is 147 cm³/mol. The number of nitrogens with zero attached hydrogens (tertiary/aromatic N) is 3. The van der Waals surface area contributed by atoms with Gasteiger partial charge in [-0.1, -0.05) is 18.1 Å². The number of allylic oxidation sites excluding steroid dienone is 3. The van der Waals surface area contributed by atoms with Crippen LogP contribution in [0.4, 0.5) is 0 Å². The van der Waals surface area contributed by atoms with Gasteiger partial charge in [-0.15, -0.1) is 11.3 Å². The van der Waals surface area contributed by atoms with Crippen LogP contribution in [-0.2, 0) is 20.9 Å². The molecule has 1 saturated heterocycles. The number of aliphatic imine (C=N–C) groups is 1. The number of carbonyl (C=O) groups is 3. The van der Waals surface area contributed by atoms with Gasteiger partial charge in [-0.25, -0.2) is 9.98 Å². The van der Waals surface area contributed by atoms with Crippen LogP contribution < -0.4 is 10.6 Å². The number of amides is 3. The van der Waals surface area contributed by atoms with Gasteiger partial charge in [0, 0.05) is 29.6 Å². The summed E-state index contributed by atoms with van der Waals surface area (Å²) in [5, 5.41) is 7.03. The molecule has 3 unspecified atom stereocenters. The molecule has 3 atom stereocenters. The van der Waals surface area contributed by atoms with Gasteiger partial charge in [-0.05, 0) is 81.6 Å². The van der Waals surface area contributed by atoms with Crippen LogP contribution in [0, 0.1) is 41.4 Å². The van der Waals surface area contributed by atoms with Crippen molar-refractivity contribution in [1.82, 2.24) is 20.5 Å². The van der Waals surface area contributed by atoms with Crippen molar-refractivity contribution in [2.24, 2.45) is 34.6 Å². The first-order chi connectivity index (χ1) is 18.9. The van der Waals surface area contributed by atoms with E-state index in [1.807, 2.05) is 24.4 Å². The highest BCUT2D eigenvalue weighted by molar-refractivity contribution is 7.12. The maximum absolute atomic E-state index is 13.7. The number of piperidine rings is 1. The Morgan fingerprint density at radius 1 is 1.15 bits per heavy atom. The molecular weight excluding hydrogens is 510 g/mol. The summed E-state index contributed by atoms with van der Waals surface area (Å²) >= 11 is 1.61. The fraction of sp³-hybridized carbons (Fsp3) is 0.567. The summed E-state index contributed by atoms with van der Waals surface area (Å²) in [7, 11) is 0. The molecule has 3 heterocycles. The van der Waals surface area contributed by atoms with E-state index in [-0.39, 0.29) is 24.2 Å². The minimum Gasteiger partial charge on any atom is -0.306 e. The summed E-state index contributed by atoms with van der Waals surface area (Å²) in [5.74, 6) is 7.76. The van der Waals surface area contributed by atoms with E-state index in [9.17, 15) is 14.4 Å². The van der Waals surface area contributed by atoms with Crippen LogP contribution in [0.15, 0.2) is 35.1 Å². The molecule has 39 heavy (non-hydrogen) atoms. The topological polar surface area (TPSA) is 104 Å². The normalized spacial score (nSPS) is 36.6. The number of rotatable bonds is 4. The van der Waals surface area contributed by atoms with Crippen molar-refractivity contribution < 1.29 is 14.4 Å². The highest BCUT2D eigenvalue weighted by Crippen LogP contribution is 2.55. The Morgan fingerprint density at radius 2 is 1.90 bits per heavy atom. The fourth-order valence-corrected chi connectivity index (χ4v) is 8.96. The summed E-state index contributed by atoms with van der Waals surface area (Å²) in [4.78, 5) is 49.7. The van der Waals surface area contributed by atoms with Gasteiger partial charge in [0.25, 0.3) is 0 Å². The largest absolute Gasteiger partial charge is 0.306 e. The molecular formula is C30H33N5O3S. The molecule has 8 rings (SSSR count). The quantitative estimate of drug-likeness (QED) is 0.448. The Hall–Kier alpha value is -3.09. The van der Waals surface area contributed by atoms with Crippen molar-refractivity contribution >= 4 is 34.9 Å². The molecule has 1 aromatic heterocycles. The van der Waals surface area contributed by atoms with Gasteiger partial charge in [-0.2, -0.15) is 0 Å². The molecule has 5 fully saturated rings. The van der Waals surface area contributed by atoms with Gasteiger partial charge in [0.2, 0.25) is 17.7 Å². The van der Waals surface area contributed by atoms with Gasteiger partial charge in [-0.3, -0.25) is 24.6 Å². The van der Waals surface area contributed by atoms with Gasteiger partial charge in [0.15, 0.2) is 5.01 Å². The second-order valence-electron chi connectivity index (χ2n) is 12.3. The standard InChI is InChI=1S/C30H33N5O3S/c1-17-33-23-4-2-3-21(27(23)29(38)35(17)24-6-7-25(36)34-28(24)37)5-8-26-31-15-22(39-26)16-32-30-12-18-9-19(13-30)11-20(10-18)14-30/h2-4,15,18-21,24,27,32H,6-7,9-14,16H2,1H3,(H,34,36,37). The molecule has 3 amide bonds. The number of imide groups is 1. The zero-order valence-corrected chi connectivity index (χ0v) is 22.9. The van der Waals surface area contributed by atoms with E-state index < -0.39 is 17.9 Å². The van der Waals surface area contributed by atoms with E-state index in [1.54, 1.807) is 18.3 Å². The van der Waals surface area contributed by atoms with Gasteiger partial charge < -0.3 is 5.32 Å². The van der Waals surface area contributed by atoms with Gasteiger partial charge >= 0.3 is 0 Å². The lowest BCUT2D eigenvalue weighted by atomic mass is 9.53. The minimum atomic E-state index is -0.733. The van der Waals surface area contributed by atoms with Crippen LogP contribution in [0.2, 0.25) is 0 Å². The first kappa shape index (κ1) is 24.9. The first-order valence-corrected chi connectivity index (χ1v) is 15.0. The monoisotopic (exact) mass is 543 g/mol. The number of thiazole rings is 1. The van der Waals surface area contributed by atoms with Gasteiger partial charge in [0.1, 0.15) is 11.9 Å².